The summed E-state index contributed by atoms with van der Waals surface area (Å²) in [4.78, 5) is 25.0. The SMILES string of the molecule is CC[C@@]12OC(=O)[C@]1([C@@H](O)[C@@H]1C=CCCC1)NC(=O)[C@]2(N)CCCl. The fourth-order valence-electron chi connectivity index (χ4n) is 4.49. The molecule has 7 heteroatoms. The second kappa shape index (κ2) is 5.46. The molecular formula is C16H23ClN2O4. The second-order valence-electron chi connectivity index (χ2n) is 6.71. The summed E-state index contributed by atoms with van der Waals surface area (Å²) in [6, 6.07) is 0. The lowest BCUT2D eigenvalue weighted by atomic mass is 9.60. The Balaban J connectivity index is 2.05. The Bertz CT molecular complexity index is 568. The number of carbonyl (C=O) groups is 2. The molecule has 0 bridgehead atoms. The number of amides is 1. The molecule has 3 rings (SSSR count). The van der Waals surface area contributed by atoms with Gasteiger partial charge in [0.25, 0.3) is 0 Å². The summed E-state index contributed by atoms with van der Waals surface area (Å²) in [6.45, 7) is 1.81. The van der Waals surface area contributed by atoms with Crippen molar-refractivity contribution in [2.45, 2.75) is 61.8 Å². The largest absolute Gasteiger partial charge is 0.451 e. The third kappa shape index (κ3) is 1.83. The molecule has 2 saturated heterocycles. The maximum Gasteiger partial charge on any atom is 0.339 e. The predicted octanol–water partition coefficient (Wildman–Crippen LogP) is 0.604. The van der Waals surface area contributed by atoms with E-state index in [0.29, 0.717) is 6.42 Å². The zero-order valence-electron chi connectivity index (χ0n) is 13.2. The Morgan fingerprint density at radius 1 is 1.57 bits per heavy atom. The lowest BCUT2D eigenvalue weighted by molar-refractivity contribution is -0.247. The standard InChI is InChI=1S/C16H23ClN2O4/c1-2-15-14(18,8-9-17)12(21)19-16(15,13(22)23-15)11(20)10-6-4-3-5-7-10/h4,6,10-11,20H,2-3,5,7-9,18H2,1H3,(H,19,21)/t10-,11+,14-,15+,16+/m1/s1. The molecule has 4 N–H and O–H groups in total. The monoisotopic (exact) mass is 342 g/mol. The molecule has 0 radical (unpaired) electrons. The van der Waals surface area contributed by atoms with Crippen LogP contribution in [0.3, 0.4) is 0 Å². The molecule has 2 heterocycles. The number of hydrogen-bond acceptors (Lipinski definition) is 5. The molecule has 0 aromatic heterocycles. The van der Waals surface area contributed by atoms with Gasteiger partial charge in [-0.25, -0.2) is 4.79 Å². The van der Waals surface area contributed by atoms with E-state index in [0.717, 1.165) is 19.3 Å². The van der Waals surface area contributed by atoms with Crippen molar-refractivity contribution in [3.05, 3.63) is 12.2 Å². The number of ether oxygens (including phenoxy) is 1. The Hall–Kier alpha value is -1.11. The summed E-state index contributed by atoms with van der Waals surface area (Å²) in [5.41, 5.74) is 2.20. The molecule has 2 fully saturated rings. The van der Waals surface area contributed by atoms with Gasteiger partial charge in [0, 0.05) is 11.8 Å². The van der Waals surface area contributed by atoms with Crippen LogP contribution in [0.25, 0.3) is 0 Å². The first kappa shape index (κ1) is 16.7. The summed E-state index contributed by atoms with van der Waals surface area (Å²) in [7, 11) is 0. The van der Waals surface area contributed by atoms with Gasteiger partial charge in [-0.05, 0) is 32.1 Å². The second-order valence-corrected chi connectivity index (χ2v) is 7.09. The molecule has 1 aliphatic carbocycles. The normalized spacial score (nSPS) is 43.4. The molecule has 0 aromatic carbocycles. The van der Waals surface area contributed by atoms with Crippen molar-refractivity contribution >= 4 is 23.5 Å². The Morgan fingerprint density at radius 3 is 2.83 bits per heavy atom. The number of aliphatic hydroxyl groups is 1. The highest BCUT2D eigenvalue weighted by molar-refractivity contribution is 6.18. The fraction of sp³-hybridized carbons (Fsp3) is 0.750. The first-order chi connectivity index (χ1) is 10.9. The van der Waals surface area contributed by atoms with Crippen LogP contribution in [0.5, 0.6) is 0 Å². The van der Waals surface area contributed by atoms with Crippen LogP contribution in [0.2, 0.25) is 0 Å². The zero-order valence-corrected chi connectivity index (χ0v) is 13.9. The number of hydrogen-bond donors (Lipinski definition) is 3. The topological polar surface area (TPSA) is 102 Å². The number of nitrogens with one attached hydrogen (secondary N) is 1. The third-order valence-electron chi connectivity index (χ3n) is 5.79. The summed E-state index contributed by atoms with van der Waals surface area (Å²) >= 11 is 5.83. The Labute approximate surface area is 140 Å². The number of fused-ring (bicyclic) bond motifs is 1. The van der Waals surface area contributed by atoms with Crippen molar-refractivity contribution in [1.29, 1.82) is 0 Å². The van der Waals surface area contributed by atoms with Crippen LogP contribution in [0.1, 0.15) is 39.0 Å². The van der Waals surface area contributed by atoms with Gasteiger partial charge in [0.1, 0.15) is 5.54 Å². The average Bonchev–Trinajstić information content (AvgIpc) is 2.71. The fourth-order valence-corrected chi connectivity index (χ4v) is 4.79. The third-order valence-corrected chi connectivity index (χ3v) is 5.98. The molecule has 0 saturated carbocycles. The smallest absolute Gasteiger partial charge is 0.339 e. The molecule has 3 aliphatic rings. The van der Waals surface area contributed by atoms with Crippen molar-refractivity contribution in [1.82, 2.24) is 5.32 Å². The van der Waals surface area contributed by atoms with Crippen molar-refractivity contribution in [3.8, 4) is 0 Å². The van der Waals surface area contributed by atoms with Crippen LogP contribution in [0.15, 0.2) is 12.2 Å². The van der Waals surface area contributed by atoms with Gasteiger partial charge in [0.2, 0.25) is 11.4 Å². The Kier molecular flexibility index (Phi) is 3.98. The minimum absolute atomic E-state index is 0.165. The van der Waals surface area contributed by atoms with Gasteiger partial charge < -0.3 is 20.9 Å². The minimum atomic E-state index is -1.48. The van der Waals surface area contributed by atoms with E-state index in [1.165, 1.54) is 0 Å². The quantitative estimate of drug-likeness (QED) is 0.386. The molecule has 5 atom stereocenters. The van der Waals surface area contributed by atoms with Crippen molar-refractivity contribution in [2.24, 2.45) is 11.7 Å². The molecule has 1 amide bonds. The van der Waals surface area contributed by atoms with E-state index in [4.69, 9.17) is 22.1 Å². The molecule has 23 heavy (non-hydrogen) atoms. The zero-order chi connectivity index (χ0) is 16.9. The van der Waals surface area contributed by atoms with Crippen LogP contribution in [-0.2, 0) is 14.3 Å². The number of aliphatic hydroxyl groups excluding tert-OH is 1. The van der Waals surface area contributed by atoms with Gasteiger partial charge >= 0.3 is 5.97 Å². The lowest BCUT2D eigenvalue weighted by Gasteiger charge is -2.58. The van der Waals surface area contributed by atoms with Crippen LogP contribution in [0, 0.1) is 5.92 Å². The highest BCUT2D eigenvalue weighted by Crippen LogP contribution is 2.56. The number of nitrogens with two attached hydrogens (primary N) is 1. The maximum atomic E-state index is 12.6. The summed E-state index contributed by atoms with van der Waals surface area (Å²) < 4.78 is 5.46. The van der Waals surface area contributed by atoms with Crippen LogP contribution in [-0.4, -0.2) is 45.6 Å². The van der Waals surface area contributed by atoms with Crippen molar-refractivity contribution in [3.63, 3.8) is 0 Å². The molecule has 2 aliphatic heterocycles. The lowest BCUT2D eigenvalue weighted by Crippen LogP contribution is -2.84. The van der Waals surface area contributed by atoms with E-state index in [-0.39, 0.29) is 18.2 Å². The highest BCUT2D eigenvalue weighted by Gasteiger charge is 2.85. The highest BCUT2D eigenvalue weighted by atomic mass is 35.5. The number of halogens is 1. The van der Waals surface area contributed by atoms with Gasteiger partial charge in [-0.3, -0.25) is 4.79 Å². The van der Waals surface area contributed by atoms with Crippen LogP contribution >= 0.6 is 11.6 Å². The predicted molar refractivity (Wildman–Crippen MR) is 84.7 cm³/mol. The van der Waals surface area contributed by atoms with E-state index < -0.39 is 34.7 Å². The molecule has 6 nitrogen and oxygen atoms in total. The summed E-state index contributed by atoms with van der Waals surface area (Å²) in [5.74, 6) is -1.13. The van der Waals surface area contributed by atoms with Crippen molar-refractivity contribution in [2.75, 3.05) is 5.88 Å². The minimum Gasteiger partial charge on any atom is -0.451 e. The first-order valence-corrected chi connectivity index (χ1v) is 8.68. The first-order valence-electron chi connectivity index (χ1n) is 8.15. The number of esters is 1. The summed E-state index contributed by atoms with van der Waals surface area (Å²) in [6.07, 6.45) is 6.01. The molecule has 0 aromatic rings. The average molecular weight is 343 g/mol. The number of carbonyl (C=O) groups excluding carboxylic acids is 2. The Morgan fingerprint density at radius 2 is 2.30 bits per heavy atom. The molecule has 0 spiro atoms. The van der Waals surface area contributed by atoms with E-state index in [1.807, 2.05) is 12.2 Å². The van der Waals surface area contributed by atoms with Gasteiger partial charge in [-0.15, -0.1) is 11.6 Å². The van der Waals surface area contributed by atoms with E-state index in [2.05, 4.69) is 5.32 Å². The van der Waals surface area contributed by atoms with Crippen LogP contribution in [0.4, 0.5) is 0 Å². The summed E-state index contributed by atoms with van der Waals surface area (Å²) in [5, 5.41) is 13.7. The molecule has 128 valence electrons. The van der Waals surface area contributed by atoms with Crippen molar-refractivity contribution < 1.29 is 19.4 Å². The van der Waals surface area contributed by atoms with Crippen LogP contribution < -0.4 is 11.1 Å². The van der Waals surface area contributed by atoms with Gasteiger partial charge in [0.15, 0.2) is 5.60 Å². The number of allylic oxidation sites excluding steroid dienone is 1. The number of rotatable bonds is 5. The van der Waals surface area contributed by atoms with Gasteiger partial charge in [-0.2, -0.15) is 0 Å². The maximum absolute atomic E-state index is 12.6. The molecule has 0 unspecified atom stereocenters. The van der Waals surface area contributed by atoms with Gasteiger partial charge in [0.05, 0.1) is 6.10 Å². The van der Waals surface area contributed by atoms with E-state index in [9.17, 15) is 14.7 Å². The van der Waals surface area contributed by atoms with Gasteiger partial charge in [-0.1, -0.05) is 19.1 Å². The molecular weight excluding hydrogens is 320 g/mol. The van der Waals surface area contributed by atoms with E-state index in [1.54, 1.807) is 6.92 Å². The van der Waals surface area contributed by atoms with E-state index >= 15 is 0 Å². The number of alkyl halides is 1.